The number of aromatic nitrogens is 1. The average Bonchev–Trinajstić information content (AvgIpc) is 3.13. The van der Waals surface area contributed by atoms with Crippen LogP contribution < -0.4 is 5.32 Å². The number of rotatable bonds is 5. The standard InChI is InChI=1S/C21H16N2O4S2/c24-18-11-10-14(12-16(18)21-23-17-8-4-5-9-19(17)28-21)22-20(25)13-29(26,27)15-6-2-1-3-7-15/h1-12,24H,13H2,(H,22,25). The van der Waals surface area contributed by atoms with E-state index in [2.05, 4.69) is 10.3 Å². The fourth-order valence-corrected chi connectivity index (χ4v) is 5.00. The topological polar surface area (TPSA) is 96.4 Å². The summed E-state index contributed by atoms with van der Waals surface area (Å²) in [5, 5.41) is 13.4. The van der Waals surface area contributed by atoms with Crippen LogP contribution >= 0.6 is 11.3 Å². The van der Waals surface area contributed by atoms with Gasteiger partial charge in [0.2, 0.25) is 5.91 Å². The van der Waals surface area contributed by atoms with Gasteiger partial charge in [-0.2, -0.15) is 0 Å². The molecule has 29 heavy (non-hydrogen) atoms. The van der Waals surface area contributed by atoms with Crippen LogP contribution in [-0.2, 0) is 14.6 Å². The van der Waals surface area contributed by atoms with Crippen LogP contribution in [0.5, 0.6) is 5.75 Å². The third-order valence-corrected chi connectivity index (χ3v) is 6.93. The van der Waals surface area contributed by atoms with Crippen molar-refractivity contribution in [3.05, 3.63) is 72.8 Å². The highest BCUT2D eigenvalue weighted by atomic mass is 32.2. The third kappa shape index (κ3) is 4.13. The highest BCUT2D eigenvalue weighted by molar-refractivity contribution is 7.92. The molecule has 4 rings (SSSR count). The molecule has 0 aliphatic carbocycles. The summed E-state index contributed by atoms with van der Waals surface area (Å²) < 4.78 is 25.7. The first-order chi connectivity index (χ1) is 13.9. The van der Waals surface area contributed by atoms with Crippen LogP contribution in [0.4, 0.5) is 5.69 Å². The Morgan fingerprint density at radius 3 is 2.48 bits per heavy atom. The Morgan fingerprint density at radius 2 is 1.72 bits per heavy atom. The summed E-state index contributed by atoms with van der Waals surface area (Å²) in [5.74, 6) is -1.30. The number of nitrogens with zero attached hydrogens (tertiary/aromatic N) is 1. The zero-order valence-corrected chi connectivity index (χ0v) is 16.7. The smallest absolute Gasteiger partial charge is 0.239 e. The minimum atomic E-state index is -3.74. The number of sulfone groups is 1. The first-order valence-corrected chi connectivity index (χ1v) is 11.2. The van der Waals surface area contributed by atoms with Crippen LogP contribution in [0.3, 0.4) is 0 Å². The van der Waals surface area contributed by atoms with Gasteiger partial charge in [-0.3, -0.25) is 4.79 Å². The van der Waals surface area contributed by atoms with Crippen molar-refractivity contribution in [1.82, 2.24) is 4.98 Å². The van der Waals surface area contributed by atoms with Crippen molar-refractivity contribution in [3.8, 4) is 16.3 Å². The Bertz CT molecular complexity index is 1270. The van der Waals surface area contributed by atoms with Gasteiger partial charge in [-0.05, 0) is 42.5 Å². The van der Waals surface area contributed by atoms with Crippen molar-refractivity contribution in [2.75, 3.05) is 11.1 Å². The van der Waals surface area contributed by atoms with Gasteiger partial charge in [-0.1, -0.05) is 30.3 Å². The first kappa shape index (κ1) is 19.1. The Labute approximate surface area is 171 Å². The second kappa shape index (κ2) is 7.65. The molecule has 1 aromatic heterocycles. The Kier molecular flexibility index (Phi) is 5.04. The number of amides is 1. The van der Waals surface area contributed by atoms with Crippen molar-refractivity contribution in [1.29, 1.82) is 0 Å². The van der Waals surface area contributed by atoms with Crippen LogP contribution in [-0.4, -0.2) is 30.2 Å². The normalized spacial score (nSPS) is 11.4. The first-order valence-electron chi connectivity index (χ1n) is 8.69. The molecule has 0 aliphatic heterocycles. The van der Waals surface area contributed by atoms with E-state index in [1.165, 1.54) is 35.6 Å². The Balaban J connectivity index is 1.57. The highest BCUT2D eigenvalue weighted by Crippen LogP contribution is 2.36. The van der Waals surface area contributed by atoms with Gasteiger partial charge in [-0.25, -0.2) is 13.4 Å². The minimum absolute atomic E-state index is 0.0268. The maximum atomic E-state index is 12.4. The molecule has 0 atom stereocenters. The van der Waals surface area contributed by atoms with E-state index < -0.39 is 21.5 Å². The number of phenolic OH excluding ortho intramolecular Hbond substituents is 1. The van der Waals surface area contributed by atoms with E-state index in [9.17, 15) is 18.3 Å². The zero-order valence-electron chi connectivity index (χ0n) is 15.1. The van der Waals surface area contributed by atoms with E-state index >= 15 is 0 Å². The van der Waals surface area contributed by atoms with E-state index in [4.69, 9.17) is 0 Å². The second-order valence-electron chi connectivity index (χ2n) is 6.34. The molecule has 0 saturated carbocycles. The van der Waals surface area contributed by atoms with E-state index in [0.29, 0.717) is 16.3 Å². The molecule has 6 nitrogen and oxygen atoms in total. The lowest BCUT2D eigenvalue weighted by Crippen LogP contribution is -2.23. The lowest BCUT2D eigenvalue weighted by atomic mass is 10.2. The maximum absolute atomic E-state index is 12.4. The average molecular weight is 425 g/mol. The fourth-order valence-electron chi connectivity index (χ4n) is 2.85. The highest BCUT2D eigenvalue weighted by Gasteiger charge is 2.20. The minimum Gasteiger partial charge on any atom is -0.507 e. The Morgan fingerprint density at radius 1 is 1.00 bits per heavy atom. The van der Waals surface area contributed by atoms with Gasteiger partial charge in [0.25, 0.3) is 0 Å². The summed E-state index contributed by atoms with van der Waals surface area (Å²) >= 11 is 1.42. The van der Waals surface area contributed by atoms with Crippen molar-refractivity contribution in [3.63, 3.8) is 0 Å². The molecule has 0 unspecified atom stereocenters. The molecule has 0 radical (unpaired) electrons. The number of carbonyl (C=O) groups is 1. The quantitative estimate of drug-likeness (QED) is 0.471. The lowest BCUT2D eigenvalue weighted by molar-refractivity contribution is -0.113. The number of carbonyl (C=O) groups excluding carboxylic acids is 1. The molecule has 1 heterocycles. The largest absolute Gasteiger partial charge is 0.507 e. The molecule has 3 aromatic carbocycles. The van der Waals surface area contributed by atoms with E-state index in [-0.39, 0.29) is 10.6 Å². The molecule has 0 saturated heterocycles. The van der Waals surface area contributed by atoms with Crippen molar-refractivity contribution in [2.45, 2.75) is 4.90 Å². The number of hydrogen-bond donors (Lipinski definition) is 2. The number of para-hydroxylation sites is 1. The molecule has 0 spiro atoms. The van der Waals surface area contributed by atoms with Crippen molar-refractivity contribution >= 4 is 43.0 Å². The Hall–Kier alpha value is -3.23. The second-order valence-corrected chi connectivity index (χ2v) is 9.36. The van der Waals surface area contributed by atoms with Gasteiger partial charge in [-0.15, -0.1) is 11.3 Å². The molecule has 8 heteroatoms. The number of anilines is 1. The van der Waals surface area contributed by atoms with Crippen molar-refractivity contribution in [2.24, 2.45) is 0 Å². The molecule has 0 fully saturated rings. The fraction of sp³-hybridized carbons (Fsp3) is 0.0476. The molecular weight excluding hydrogens is 408 g/mol. The number of aromatic hydroxyl groups is 1. The predicted octanol–water partition coefficient (Wildman–Crippen LogP) is 4.08. The third-order valence-electron chi connectivity index (χ3n) is 4.23. The van der Waals surface area contributed by atoms with Crippen LogP contribution in [0.25, 0.3) is 20.8 Å². The molecule has 146 valence electrons. The molecule has 0 bridgehead atoms. The zero-order chi connectivity index (χ0) is 20.4. The summed E-state index contributed by atoms with van der Waals surface area (Å²) in [5.41, 5.74) is 1.66. The number of thiazole rings is 1. The summed E-state index contributed by atoms with van der Waals surface area (Å²) in [6, 6.07) is 20.0. The van der Waals surface area contributed by atoms with Gasteiger partial charge in [0.05, 0.1) is 20.7 Å². The van der Waals surface area contributed by atoms with Gasteiger partial charge >= 0.3 is 0 Å². The van der Waals surface area contributed by atoms with Crippen LogP contribution in [0.2, 0.25) is 0 Å². The van der Waals surface area contributed by atoms with Gasteiger partial charge in [0.1, 0.15) is 16.5 Å². The summed E-state index contributed by atoms with van der Waals surface area (Å²) in [4.78, 5) is 16.9. The molecule has 2 N–H and O–H groups in total. The molecule has 0 aliphatic rings. The predicted molar refractivity (Wildman–Crippen MR) is 114 cm³/mol. The maximum Gasteiger partial charge on any atom is 0.239 e. The van der Waals surface area contributed by atoms with E-state index in [0.717, 1.165) is 10.2 Å². The molecular formula is C21H16N2O4S2. The number of phenols is 1. The van der Waals surface area contributed by atoms with Crippen LogP contribution in [0.15, 0.2) is 77.7 Å². The van der Waals surface area contributed by atoms with Gasteiger partial charge in [0.15, 0.2) is 9.84 Å². The van der Waals surface area contributed by atoms with E-state index in [1.54, 1.807) is 24.3 Å². The summed E-state index contributed by atoms with van der Waals surface area (Å²) in [6.07, 6.45) is 0. The molecule has 1 amide bonds. The number of hydrogen-bond acceptors (Lipinski definition) is 6. The lowest BCUT2D eigenvalue weighted by Gasteiger charge is -2.09. The van der Waals surface area contributed by atoms with Crippen LogP contribution in [0, 0.1) is 0 Å². The monoisotopic (exact) mass is 424 g/mol. The van der Waals surface area contributed by atoms with Crippen molar-refractivity contribution < 1.29 is 18.3 Å². The van der Waals surface area contributed by atoms with Crippen LogP contribution in [0.1, 0.15) is 0 Å². The number of fused-ring (bicyclic) bond motifs is 1. The van der Waals surface area contributed by atoms with E-state index in [1.807, 2.05) is 24.3 Å². The SMILES string of the molecule is O=C(CS(=O)(=O)c1ccccc1)Nc1ccc(O)c(-c2nc3ccccc3s2)c1. The number of nitrogens with one attached hydrogen (secondary N) is 1. The van der Waals surface area contributed by atoms with Gasteiger partial charge < -0.3 is 10.4 Å². The number of benzene rings is 3. The van der Waals surface area contributed by atoms with Gasteiger partial charge in [0, 0.05) is 5.69 Å². The summed E-state index contributed by atoms with van der Waals surface area (Å²) in [7, 11) is -3.74. The summed E-state index contributed by atoms with van der Waals surface area (Å²) in [6.45, 7) is 0. The molecule has 4 aromatic rings.